The number of nitrogens with one attached hydrogen (secondary N) is 1. The average molecular weight is 301 g/mol. The molecule has 0 bridgehead atoms. The summed E-state index contributed by atoms with van der Waals surface area (Å²) in [4.78, 5) is 4.50. The van der Waals surface area contributed by atoms with E-state index in [0.29, 0.717) is 0 Å². The zero-order chi connectivity index (χ0) is 11.5. The van der Waals surface area contributed by atoms with Crippen molar-refractivity contribution in [2.45, 2.75) is 13.3 Å². The van der Waals surface area contributed by atoms with E-state index < -0.39 is 0 Å². The van der Waals surface area contributed by atoms with Crippen molar-refractivity contribution in [1.82, 2.24) is 4.98 Å². The van der Waals surface area contributed by atoms with E-state index in [-0.39, 0.29) is 0 Å². The van der Waals surface area contributed by atoms with E-state index in [2.05, 4.69) is 33.2 Å². The van der Waals surface area contributed by atoms with Crippen LogP contribution in [0.5, 0.6) is 5.75 Å². The fourth-order valence-electron chi connectivity index (χ4n) is 1.39. The van der Waals surface area contributed by atoms with Gasteiger partial charge in [-0.15, -0.1) is 0 Å². The summed E-state index contributed by atoms with van der Waals surface area (Å²) >= 11 is 5.15. The smallest absolute Gasteiger partial charge is 0.183 e. The van der Waals surface area contributed by atoms with Gasteiger partial charge in [0.25, 0.3) is 0 Å². The molecule has 3 nitrogen and oxygen atoms in total. The number of fused-ring (bicyclic) bond motifs is 1. The van der Waals surface area contributed by atoms with Gasteiger partial charge >= 0.3 is 0 Å². The number of ether oxygens (including phenoxy) is 1. The highest BCUT2D eigenvalue weighted by molar-refractivity contribution is 9.10. The maximum absolute atomic E-state index is 5.68. The van der Waals surface area contributed by atoms with Crippen LogP contribution in [0.2, 0.25) is 0 Å². The molecule has 5 heteroatoms. The van der Waals surface area contributed by atoms with Crippen LogP contribution in [0.25, 0.3) is 10.2 Å². The predicted octanol–water partition coefficient (Wildman–Crippen LogP) is 3.89. The van der Waals surface area contributed by atoms with Crippen LogP contribution in [-0.4, -0.2) is 18.6 Å². The molecule has 0 saturated heterocycles. The molecule has 0 aliphatic carbocycles. The number of nitrogens with zero attached hydrogens (tertiary/aromatic N) is 1. The molecule has 0 aliphatic rings. The Bertz CT molecular complexity index is 498. The fraction of sp³-hybridized carbons (Fsp3) is 0.364. The van der Waals surface area contributed by atoms with Crippen LogP contribution < -0.4 is 10.1 Å². The summed E-state index contributed by atoms with van der Waals surface area (Å²) < 4.78 is 7.86. The number of hydrogen-bond donors (Lipinski definition) is 1. The largest absolute Gasteiger partial charge is 0.491 e. The molecule has 0 unspecified atom stereocenters. The van der Waals surface area contributed by atoms with Crippen LogP contribution in [0.4, 0.5) is 5.13 Å². The molecule has 2 rings (SSSR count). The second-order valence-corrected chi connectivity index (χ2v) is 5.19. The Hall–Kier alpha value is -0.810. The summed E-state index contributed by atoms with van der Waals surface area (Å²) in [5.74, 6) is 0.859. The van der Waals surface area contributed by atoms with Gasteiger partial charge in [0.2, 0.25) is 0 Å². The monoisotopic (exact) mass is 300 g/mol. The minimum absolute atomic E-state index is 0.725. The van der Waals surface area contributed by atoms with Gasteiger partial charge in [0, 0.05) is 11.5 Å². The first-order valence-corrected chi connectivity index (χ1v) is 6.76. The van der Waals surface area contributed by atoms with E-state index >= 15 is 0 Å². The third kappa shape index (κ3) is 2.15. The molecule has 0 fully saturated rings. The zero-order valence-corrected chi connectivity index (χ0v) is 11.6. The number of thiazole rings is 1. The standard InChI is InChI=1S/C11H13BrN2OS/c1-3-6-15-8-5-4-7(12)10-9(8)14-11(13-2)16-10/h4-5H,3,6H2,1-2H3,(H,13,14). The quantitative estimate of drug-likeness (QED) is 0.930. The van der Waals surface area contributed by atoms with Gasteiger partial charge in [-0.1, -0.05) is 18.3 Å². The Kier molecular flexibility index (Phi) is 3.66. The molecule has 0 amide bonds. The van der Waals surface area contributed by atoms with Gasteiger partial charge < -0.3 is 10.1 Å². The maximum Gasteiger partial charge on any atom is 0.183 e. The number of hydrogen-bond acceptors (Lipinski definition) is 4. The second kappa shape index (κ2) is 5.01. The molecule has 0 spiro atoms. The van der Waals surface area contributed by atoms with Crippen molar-refractivity contribution < 1.29 is 4.74 Å². The van der Waals surface area contributed by atoms with Crippen LogP contribution in [0.1, 0.15) is 13.3 Å². The summed E-state index contributed by atoms with van der Waals surface area (Å²) in [7, 11) is 1.87. The zero-order valence-electron chi connectivity index (χ0n) is 9.21. The summed E-state index contributed by atoms with van der Waals surface area (Å²) in [5.41, 5.74) is 0.928. The van der Waals surface area contributed by atoms with Gasteiger partial charge in [0.15, 0.2) is 5.13 Å². The van der Waals surface area contributed by atoms with Gasteiger partial charge in [0.1, 0.15) is 11.3 Å². The van der Waals surface area contributed by atoms with Gasteiger partial charge in [-0.3, -0.25) is 0 Å². The van der Waals surface area contributed by atoms with E-state index in [9.17, 15) is 0 Å². The third-order valence-corrected chi connectivity index (χ3v) is 4.16. The normalized spacial score (nSPS) is 10.7. The Morgan fingerprint density at radius 1 is 1.50 bits per heavy atom. The molecule has 86 valence electrons. The SMILES string of the molecule is CCCOc1ccc(Br)c2sc(NC)nc12. The number of aromatic nitrogens is 1. The highest BCUT2D eigenvalue weighted by atomic mass is 79.9. The van der Waals surface area contributed by atoms with Crippen molar-refractivity contribution in [2.24, 2.45) is 0 Å². The first kappa shape index (κ1) is 11.7. The summed E-state index contributed by atoms with van der Waals surface area (Å²) in [6, 6.07) is 3.96. The van der Waals surface area contributed by atoms with Crippen molar-refractivity contribution >= 4 is 42.6 Å². The van der Waals surface area contributed by atoms with E-state index in [1.807, 2.05) is 19.2 Å². The molecule has 1 aromatic carbocycles. The van der Waals surface area contributed by atoms with Crippen LogP contribution >= 0.6 is 27.3 Å². The van der Waals surface area contributed by atoms with Gasteiger partial charge in [-0.05, 0) is 34.5 Å². The lowest BCUT2D eigenvalue weighted by Crippen LogP contribution is -1.95. The molecule has 0 aliphatic heterocycles. The molecule has 0 saturated carbocycles. The molecule has 1 aromatic heterocycles. The first-order valence-electron chi connectivity index (χ1n) is 5.16. The third-order valence-electron chi connectivity index (χ3n) is 2.13. The fourth-order valence-corrected chi connectivity index (χ4v) is 2.79. The molecule has 1 heterocycles. The Morgan fingerprint density at radius 2 is 2.31 bits per heavy atom. The molecule has 16 heavy (non-hydrogen) atoms. The van der Waals surface area contributed by atoms with Gasteiger partial charge in [0.05, 0.1) is 11.3 Å². The minimum Gasteiger partial charge on any atom is -0.491 e. The van der Waals surface area contributed by atoms with Crippen molar-refractivity contribution in [3.63, 3.8) is 0 Å². The lowest BCUT2D eigenvalue weighted by molar-refractivity contribution is 0.320. The minimum atomic E-state index is 0.725. The van der Waals surface area contributed by atoms with Crippen molar-refractivity contribution in [3.05, 3.63) is 16.6 Å². The molecule has 0 atom stereocenters. The Balaban J connectivity index is 2.49. The Labute approximate surface area is 107 Å². The second-order valence-electron chi connectivity index (χ2n) is 3.34. The van der Waals surface area contributed by atoms with E-state index in [0.717, 1.165) is 38.6 Å². The van der Waals surface area contributed by atoms with Crippen LogP contribution in [0, 0.1) is 0 Å². The molecular weight excluding hydrogens is 288 g/mol. The van der Waals surface area contributed by atoms with Crippen LogP contribution in [0.3, 0.4) is 0 Å². The number of halogens is 1. The predicted molar refractivity (Wildman–Crippen MR) is 72.7 cm³/mol. The van der Waals surface area contributed by atoms with Crippen molar-refractivity contribution in [3.8, 4) is 5.75 Å². The number of rotatable bonds is 4. The average Bonchev–Trinajstić information content (AvgIpc) is 2.73. The summed E-state index contributed by atoms with van der Waals surface area (Å²) in [5, 5.41) is 3.96. The molecule has 0 radical (unpaired) electrons. The maximum atomic E-state index is 5.68. The topological polar surface area (TPSA) is 34.1 Å². The number of benzene rings is 1. The van der Waals surface area contributed by atoms with Crippen molar-refractivity contribution in [2.75, 3.05) is 19.0 Å². The molecular formula is C11H13BrN2OS. The highest BCUT2D eigenvalue weighted by Crippen LogP contribution is 2.37. The van der Waals surface area contributed by atoms with E-state index in [1.165, 1.54) is 0 Å². The van der Waals surface area contributed by atoms with Crippen molar-refractivity contribution in [1.29, 1.82) is 0 Å². The lowest BCUT2D eigenvalue weighted by atomic mass is 10.3. The van der Waals surface area contributed by atoms with Gasteiger partial charge in [-0.2, -0.15) is 0 Å². The first-order chi connectivity index (χ1) is 7.76. The summed E-state index contributed by atoms with van der Waals surface area (Å²) in [6.45, 7) is 2.82. The Morgan fingerprint density at radius 3 is 3.00 bits per heavy atom. The molecule has 2 aromatic rings. The van der Waals surface area contributed by atoms with Crippen LogP contribution in [0.15, 0.2) is 16.6 Å². The highest BCUT2D eigenvalue weighted by Gasteiger charge is 2.11. The summed E-state index contributed by atoms with van der Waals surface area (Å²) in [6.07, 6.45) is 1.00. The van der Waals surface area contributed by atoms with Gasteiger partial charge in [-0.25, -0.2) is 4.98 Å². The van der Waals surface area contributed by atoms with Crippen LogP contribution in [-0.2, 0) is 0 Å². The van der Waals surface area contributed by atoms with E-state index in [4.69, 9.17) is 4.74 Å². The number of anilines is 1. The van der Waals surface area contributed by atoms with E-state index in [1.54, 1.807) is 11.3 Å². The molecule has 1 N–H and O–H groups in total. The lowest BCUT2D eigenvalue weighted by Gasteiger charge is -2.05.